The number of aromatic nitrogens is 1. The lowest BCUT2D eigenvalue weighted by molar-refractivity contribution is 0.0533. The van der Waals surface area contributed by atoms with Gasteiger partial charge in [-0.2, -0.15) is 0 Å². The van der Waals surface area contributed by atoms with Gasteiger partial charge in [-0.15, -0.1) is 11.3 Å². The van der Waals surface area contributed by atoms with Gasteiger partial charge in [-0.05, 0) is 105 Å². The number of thiazole rings is 1. The number of rotatable bonds is 8. The predicted molar refractivity (Wildman–Crippen MR) is 160 cm³/mol. The van der Waals surface area contributed by atoms with Gasteiger partial charge in [0.05, 0.1) is 17.6 Å². The second-order valence-electron chi connectivity index (χ2n) is 13.3. The molecule has 0 bridgehead atoms. The van der Waals surface area contributed by atoms with Gasteiger partial charge in [-0.1, -0.05) is 38.2 Å². The van der Waals surface area contributed by atoms with Gasteiger partial charge in [-0.3, -0.25) is 0 Å². The monoisotopic (exact) mass is 568 g/mol. The fourth-order valence-corrected chi connectivity index (χ4v) is 9.42. The fraction of sp³-hybridized carbons (Fsp3) is 0.697. The molecule has 0 unspecified atom stereocenters. The first-order chi connectivity index (χ1) is 19.1. The summed E-state index contributed by atoms with van der Waals surface area (Å²) in [6, 6.07) is 0. The Morgan fingerprint density at radius 3 is 2.73 bits per heavy atom. The van der Waals surface area contributed by atoms with E-state index in [1.807, 2.05) is 6.92 Å². The molecule has 1 amide bonds. The predicted octanol–water partition coefficient (Wildman–Crippen LogP) is 6.77. The van der Waals surface area contributed by atoms with Crippen LogP contribution in [0.15, 0.2) is 40.8 Å². The average molecular weight is 569 g/mol. The SMILES string of the molecule is C=C1C(=CC=C2CCC[C@]3(C)[C@@H]([C@H](C)CC[C@@H](OC(=O)NC)C4(c5nc(C)cs5)CC4)CC[C@@H]23)C[C@@H](O)C[C@@H]1O. The summed E-state index contributed by atoms with van der Waals surface area (Å²) in [5.41, 5.74) is 4.46. The van der Waals surface area contributed by atoms with Crippen molar-refractivity contribution in [1.82, 2.24) is 10.3 Å². The molecule has 6 nitrogen and oxygen atoms in total. The van der Waals surface area contributed by atoms with Crippen molar-refractivity contribution in [3.05, 3.63) is 51.5 Å². The maximum atomic E-state index is 12.3. The Morgan fingerprint density at radius 2 is 2.05 bits per heavy atom. The molecule has 7 atom stereocenters. The third-order valence-corrected chi connectivity index (χ3v) is 12.0. The van der Waals surface area contributed by atoms with Crippen molar-refractivity contribution in [2.75, 3.05) is 7.05 Å². The maximum Gasteiger partial charge on any atom is 0.407 e. The molecule has 7 heteroatoms. The van der Waals surface area contributed by atoms with Gasteiger partial charge in [0.1, 0.15) is 11.1 Å². The van der Waals surface area contributed by atoms with Crippen molar-refractivity contribution >= 4 is 17.4 Å². The van der Waals surface area contributed by atoms with Crippen LogP contribution in [0.25, 0.3) is 0 Å². The third kappa shape index (κ3) is 5.71. The van der Waals surface area contributed by atoms with E-state index in [9.17, 15) is 15.0 Å². The van der Waals surface area contributed by atoms with Crippen molar-refractivity contribution < 1.29 is 19.7 Å². The van der Waals surface area contributed by atoms with Crippen LogP contribution >= 0.6 is 11.3 Å². The van der Waals surface area contributed by atoms with Crippen LogP contribution in [-0.2, 0) is 10.2 Å². The van der Waals surface area contributed by atoms with Crippen molar-refractivity contribution in [2.24, 2.45) is 23.2 Å². The van der Waals surface area contributed by atoms with E-state index in [2.05, 4.69) is 43.3 Å². The smallest absolute Gasteiger partial charge is 0.407 e. The number of aliphatic hydroxyl groups is 2. The van der Waals surface area contributed by atoms with E-state index in [-0.39, 0.29) is 23.0 Å². The highest BCUT2D eigenvalue weighted by atomic mass is 32.1. The lowest BCUT2D eigenvalue weighted by atomic mass is 9.60. The van der Waals surface area contributed by atoms with Crippen molar-refractivity contribution in [1.29, 1.82) is 0 Å². The maximum absolute atomic E-state index is 12.3. The second-order valence-corrected chi connectivity index (χ2v) is 14.2. The molecular formula is C33H48N2O4S. The van der Waals surface area contributed by atoms with Gasteiger partial charge in [0, 0.05) is 24.5 Å². The minimum atomic E-state index is -0.646. The summed E-state index contributed by atoms with van der Waals surface area (Å²) in [5.74, 6) is 1.75. The molecular weight excluding hydrogens is 520 g/mol. The lowest BCUT2D eigenvalue weighted by Gasteiger charge is -2.44. The van der Waals surface area contributed by atoms with E-state index in [1.54, 1.807) is 18.4 Å². The minimum Gasteiger partial charge on any atom is -0.445 e. The standard InChI is InChI=1S/C33H48N2O4S/c1-20(8-13-29(39-31(38)34-5)33(15-16-33)30-35-21(2)19-40-30)26-11-12-27-23(7-6-14-32(26,27)4)9-10-24-17-25(36)18-28(37)22(24)3/h9-10,19-20,25-29,36-37H,3,6-8,11-18H2,1-2,4-5H3,(H,34,38)/t20-,25-,26-,27+,28+,29-,32-/m1/s1. The Balaban J connectivity index is 1.28. The van der Waals surface area contributed by atoms with Crippen LogP contribution in [0.1, 0.15) is 95.2 Å². The number of amides is 1. The van der Waals surface area contributed by atoms with Gasteiger partial charge < -0.3 is 20.3 Å². The summed E-state index contributed by atoms with van der Waals surface area (Å²) in [4.78, 5) is 17.2. The van der Waals surface area contributed by atoms with Gasteiger partial charge >= 0.3 is 6.09 Å². The van der Waals surface area contributed by atoms with E-state index in [1.165, 1.54) is 31.3 Å². The Labute approximate surface area is 244 Å². The topological polar surface area (TPSA) is 91.7 Å². The molecule has 220 valence electrons. The number of hydrogen-bond acceptors (Lipinski definition) is 6. The van der Waals surface area contributed by atoms with Crippen molar-refractivity contribution in [2.45, 2.75) is 115 Å². The average Bonchev–Trinajstić information content (AvgIpc) is 3.48. The fourth-order valence-electron chi connectivity index (χ4n) is 8.32. The molecule has 5 rings (SSSR count). The Hall–Kier alpha value is -1.96. The van der Waals surface area contributed by atoms with E-state index < -0.39 is 12.2 Å². The number of ether oxygens (including phenoxy) is 1. The van der Waals surface area contributed by atoms with Crippen LogP contribution < -0.4 is 5.32 Å². The largest absolute Gasteiger partial charge is 0.445 e. The Bertz CT molecular complexity index is 1170. The van der Waals surface area contributed by atoms with Crippen LogP contribution in [0, 0.1) is 30.1 Å². The normalized spacial score (nSPS) is 34.9. The molecule has 4 saturated carbocycles. The van der Waals surface area contributed by atoms with Crippen LogP contribution in [0.5, 0.6) is 0 Å². The second kappa shape index (κ2) is 11.7. The van der Waals surface area contributed by atoms with Crippen LogP contribution in [0.4, 0.5) is 4.79 Å². The summed E-state index contributed by atoms with van der Waals surface area (Å²) in [6.07, 6.45) is 13.7. The highest BCUT2D eigenvalue weighted by Gasteiger charge is 2.55. The molecule has 0 aromatic carbocycles. The molecule has 1 aromatic rings. The van der Waals surface area contributed by atoms with Crippen LogP contribution in [0.2, 0.25) is 0 Å². The summed E-state index contributed by atoms with van der Waals surface area (Å²) in [5, 5.41) is 26.3. The summed E-state index contributed by atoms with van der Waals surface area (Å²) in [7, 11) is 1.63. The van der Waals surface area contributed by atoms with Gasteiger partial charge in [0.15, 0.2) is 0 Å². The number of alkyl carbamates (subject to hydrolysis) is 1. The zero-order valence-corrected chi connectivity index (χ0v) is 25.6. The highest BCUT2D eigenvalue weighted by molar-refractivity contribution is 7.09. The third-order valence-electron chi connectivity index (χ3n) is 10.8. The molecule has 0 spiro atoms. The molecule has 3 N–H and O–H groups in total. The molecule has 40 heavy (non-hydrogen) atoms. The molecule has 0 aliphatic heterocycles. The zero-order chi connectivity index (χ0) is 28.7. The van der Waals surface area contributed by atoms with Gasteiger partial charge in [-0.25, -0.2) is 9.78 Å². The Morgan fingerprint density at radius 1 is 1.27 bits per heavy atom. The Kier molecular flexibility index (Phi) is 8.66. The summed E-state index contributed by atoms with van der Waals surface area (Å²) < 4.78 is 6.02. The number of aliphatic hydroxyl groups excluding tert-OH is 2. The van der Waals surface area contributed by atoms with Crippen molar-refractivity contribution in [3.8, 4) is 0 Å². The first-order valence-electron chi connectivity index (χ1n) is 15.3. The van der Waals surface area contributed by atoms with Crippen molar-refractivity contribution in [3.63, 3.8) is 0 Å². The van der Waals surface area contributed by atoms with E-state index in [0.717, 1.165) is 54.0 Å². The van der Waals surface area contributed by atoms with Crippen LogP contribution in [-0.4, -0.2) is 46.6 Å². The number of nitrogens with one attached hydrogen (secondary N) is 1. The molecule has 1 heterocycles. The van der Waals surface area contributed by atoms with Gasteiger partial charge in [0.2, 0.25) is 0 Å². The number of carbonyl (C=O) groups is 1. The number of allylic oxidation sites excluding steroid dienone is 3. The number of hydrogen-bond donors (Lipinski definition) is 3. The molecule has 4 aliphatic carbocycles. The molecule has 4 aliphatic rings. The molecule has 4 fully saturated rings. The molecule has 0 saturated heterocycles. The molecule has 1 aromatic heterocycles. The summed E-state index contributed by atoms with van der Waals surface area (Å²) >= 11 is 1.70. The quantitative estimate of drug-likeness (QED) is 0.322. The zero-order valence-electron chi connectivity index (χ0n) is 24.7. The highest BCUT2D eigenvalue weighted by Crippen LogP contribution is 2.60. The van der Waals surface area contributed by atoms with E-state index in [0.29, 0.717) is 30.6 Å². The van der Waals surface area contributed by atoms with E-state index >= 15 is 0 Å². The van der Waals surface area contributed by atoms with Gasteiger partial charge in [0.25, 0.3) is 0 Å². The first kappa shape index (κ1) is 29.5. The first-order valence-corrected chi connectivity index (χ1v) is 16.2. The lowest BCUT2D eigenvalue weighted by Crippen LogP contribution is -2.38. The summed E-state index contributed by atoms with van der Waals surface area (Å²) in [6.45, 7) is 11.1. The number of carbonyl (C=O) groups excluding carboxylic acids is 1. The van der Waals surface area contributed by atoms with Crippen LogP contribution in [0.3, 0.4) is 0 Å². The number of nitrogens with zero attached hydrogens (tertiary/aromatic N) is 1. The minimum absolute atomic E-state index is 0.119. The molecule has 0 radical (unpaired) electrons. The van der Waals surface area contributed by atoms with E-state index in [4.69, 9.17) is 9.72 Å². The number of fused-ring (bicyclic) bond motifs is 1. The number of aryl methyl sites for hydroxylation is 1.